The van der Waals surface area contributed by atoms with Crippen LogP contribution >= 0.6 is 11.6 Å². The summed E-state index contributed by atoms with van der Waals surface area (Å²) in [5, 5.41) is 0.773. The number of carbonyl (C=O) groups is 1. The summed E-state index contributed by atoms with van der Waals surface area (Å²) in [6, 6.07) is 23.0. The van der Waals surface area contributed by atoms with E-state index in [1.807, 2.05) is 30.0 Å². The Morgan fingerprint density at radius 1 is 0.969 bits per heavy atom. The first-order chi connectivity index (χ1) is 15.4. The van der Waals surface area contributed by atoms with E-state index in [9.17, 15) is 4.79 Å². The van der Waals surface area contributed by atoms with Crippen molar-refractivity contribution in [3.05, 3.63) is 117 Å². The molecule has 158 valence electrons. The summed E-state index contributed by atoms with van der Waals surface area (Å²) in [5.74, 6) is 0.128. The van der Waals surface area contributed by atoms with Gasteiger partial charge in [0.2, 0.25) is 0 Å². The first-order valence-electron chi connectivity index (χ1n) is 11.1. The van der Waals surface area contributed by atoms with Crippen LogP contribution in [0.25, 0.3) is 12.2 Å². The summed E-state index contributed by atoms with van der Waals surface area (Å²) in [5.41, 5.74) is 6.95. The first-order valence-corrected chi connectivity index (χ1v) is 11.5. The molecule has 1 saturated heterocycles. The van der Waals surface area contributed by atoms with Crippen molar-refractivity contribution in [1.82, 2.24) is 4.90 Å². The van der Waals surface area contributed by atoms with Gasteiger partial charge < -0.3 is 4.90 Å². The van der Waals surface area contributed by atoms with E-state index in [-0.39, 0.29) is 11.3 Å². The maximum atomic E-state index is 13.9. The maximum absolute atomic E-state index is 13.9. The molecule has 6 rings (SSSR count). The molecule has 3 aliphatic rings. The Hall–Kier alpha value is -3.10. The molecule has 1 fully saturated rings. The van der Waals surface area contributed by atoms with Crippen molar-refractivity contribution in [1.29, 1.82) is 0 Å². The monoisotopic (exact) mass is 437 g/mol. The average Bonchev–Trinajstić information content (AvgIpc) is 3.07. The molecule has 0 saturated carbocycles. The van der Waals surface area contributed by atoms with Crippen molar-refractivity contribution >= 4 is 29.7 Å². The van der Waals surface area contributed by atoms with Crippen LogP contribution < -0.4 is 0 Å². The van der Waals surface area contributed by atoms with Crippen LogP contribution in [0.3, 0.4) is 0 Å². The van der Waals surface area contributed by atoms with E-state index in [2.05, 4.69) is 73.7 Å². The van der Waals surface area contributed by atoms with Gasteiger partial charge in [0.25, 0.3) is 5.91 Å². The second-order valence-electron chi connectivity index (χ2n) is 9.42. The van der Waals surface area contributed by atoms with Crippen molar-refractivity contribution in [2.24, 2.45) is 0 Å². The number of carbonyl (C=O) groups excluding carboxylic acids is 1. The van der Waals surface area contributed by atoms with Crippen molar-refractivity contribution in [2.45, 2.75) is 31.2 Å². The summed E-state index contributed by atoms with van der Waals surface area (Å²) in [6.07, 6.45) is 6.64. The van der Waals surface area contributed by atoms with Gasteiger partial charge in [0, 0.05) is 29.1 Å². The van der Waals surface area contributed by atoms with Gasteiger partial charge in [-0.3, -0.25) is 4.79 Å². The quantitative estimate of drug-likeness (QED) is 0.460. The highest BCUT2D eigenvalue weighted by atomic mass is 35.5. The highest BCUT2D eigenvalue weighted by Crippen LogP contribution is 2.60. The largest absolute Gasteiger partial charge is 0.333 e. The molecule has 2 aliphatic carbocycles. The Labute approximate surface area is 193 Å². The van der Waals surface area contributed by atoms with Gasteiger partial charge in [-0.15, -0.1) is 0 Å². The smallest absolute Gasteiger partial charge is 0.251 e. The molecule has 3 aromatic carbocycles. The first kappa shape index (κ1) is 19.6. The third kappa shape index (κ3) is 2.45. The van der Waals surface area contributed by atoms with Crippen molar-refractivity contribution < 1.29 is 4.79 Å². The molecule has 2 nitrogen and oxygen atoms in total. The van der Waals surface area contributed by atoms with E-state index in [0.29, 0.717) is 13.1 Å². The number of benzene rings is 3. The second-order valence-corrected chi connectivity index (χ2v) is 9.83. The number of hydrogen-bond donors (Lipinski definition) is 0. The number of hydrogen-bond acceptors (Lipinski definition) is 1. The minimum Gasteiger partial charge on any atom is -0.333 e. The highest BCUT2D eigenvalue weighted by Gasteiger charge is 2.62. The standard InChI is InChI=1S/C29H24ClNO/c1-19-14-22-15-25-27(32)31(17-20-8-4-3-5-9-20)18-29(25)23-11-7-6-10-21(23)12-13-28(29,2)24(22)16-26(19)30/h3-16H,17-18H2,1-2H3/t28-,29+/m0/s1. The van der Waals surface area contributed by atoms with Gasteiger partial charge in [-0.05, 0) is 52.4 Å². The number of halogens is 1. The van der Waals surface area contributed by atoms with E-state index < -0.39 is 5.41 Å². The minimum atomic E-state index is -0.449. The molecule has 1 amide bonds. The predicted octanol–water partition coefficient (Wildman–Crippen LogP) is 6.31. The molecule has 0 aromatic heterocycles. The number of nitrogens with zero attached hydrogens (tertiary/aromatic N) is 1. The van der Waals surface area contributed by atoms with Crippen LogP contribution in [0.1, 0.15) is 40.3 Å². The lowest BCUT2D eigenvalue weighted by Crippen LogP contribution is -2.52. The molecule has 0 N–H and O–H groups in total. The Bertz CT molecular complexity index is 1340. The molecule has 1 heterocycles. The predicted molar refractivity (Wildman–Crippen MR) is 131 cm³/mol. The molecule has 32 heavy (non-hydrogen) atoms. The van der Waals surface area contributed by atoms with E-state index in [0.717, 1.165) is 27.3 Å². The third-order valence-electron chi connectivity index (χ3n) is 7.72. The van der Waals surface area contributed by atoms with E-state index >= 15 is 0 Å². The summed E-state index contributed by atoms with van der Waals surface area (Å²) in [4.78, 5) is 15.9. The average molecular weight is 438 g/mol. The van der Waals surface area contributed by atoms with Crippen LogP contribution in [0.4, 0.5) is 0 Å². The number of amides is 1. The highest BCUT2D eigenvalue weighted by molar-refractivity contribution is 6.31. The van der Waals surface area contributed by atoms with Crippen LogP contribution in [0.15, 0.2) is 78.4 Å². The molecule has 2 atom stereocenters. The summed E-state index contributed by atoms with van der Waals surface area (Å²) < 4.78 is 0. The van der Waals surface area contributed by atoms with Gasteiger partial charge in [0.1, 0.15) is 0 Å². The summed E-state index contributed by atoms with van der Waals surface area (Å²) in [6.45, 7) is 5.55. The molecule has 0 bridgehead atoms. The van der Waals surface area contributed by atoms with Gasteiger partial charge in [-0.25, -0.2) is 0 Å². The molecular formula is C29H24ClNO. The molecule has 3 aromatic rings. The van der Waals surface area contributed by atoms with E-state index in [1.54, 1.807) is 0 Å². The summed E-state index contributed by atoms with van der Waals surface area (Å²) >= 11 is 6.62. The number of likely N-dealkylation sites (tertiary alicyclic amines) is 1. The fourth-order valence-corrected chi connectivity index (χ4v) is 6.21. The van der Waals surface area contributed by atoms with Gasteiger partial charge in [-0.1, -0.05) is 91.3 Å². The van der Waals surface area contributed by atoms with Crippen LogP contribution in [0, 0.1) is 6.92 Å². The fourth-order valence-electron chi connectivity index (χ4n) is 6.04. The zero-order valence-electron chi connectivity index (χ0n) is 18.2. The molecular weight excluding hydrogens is 414 g/mol. The normalized spacial score (nSPS) is 25.0. The minimum absolute atomic E-state index is 0.128. The van der Waals surface area contributed by atoms with Gasteiger partial charge >= 0.3 is 0 Å². The van der Waals surface area contributed by atoms with Crippen LogP contribution in [-0.2, 0) is 22.2 Å². The lowest BCUT2D eigenvalue weighted by atomic mass is 9.50. The number of allylic oxidation sites excluding steroid dienone is 1. The van der Waals surface area contributed by atoms with Crippen LogP contribution in [0.2, 0.25) is 5.02 Å². The zero-order valence-corrected chi connectivity index (χ0v) is 19.0. The maximum Gasteiger partial charge on any atom is 0.251 e. The van der Waals surface area contributed by atoms with Crippen LogP contribution in [-0.4, -0.2) is 17.4 Å². The Kier molecular flexibility index (Phi) is 4.10. The Morgan fingerprint density at radius 2 is 1.72 bits per heavy atom. The SMILES string of the molecule is Cc1cc2c(cc1Cl)[C@]1(C)C=Cc3ccccc3[C@@]13CN(Cc1ccccc1)C(=O)C3=C2. The number of aryl methyl sites for hydroxylation is 1. The number of rotatable bonds is 2. The lowest BCUT2D eigenvalue weighted by molar-refractivity contribution is -0.125. The molecule has 0 radical (unpaired) electrons. The molecule has 0 unspecified atom stereocenters. The topological polar surface area (TPSA) is 20.3 Å². The Morgan fingerprint density at radius 3 is 2.53 bits per heavy atom. The van der Waals surface area contributed by atoms with Gasteiger partial charge in [0.15, 0.2) is 0 Å². The van der Waals surface area contributed by atoms with Crippen molar-refractivity contribution in [2.75, 3.05) is 6.54 Å². The fraction of sp³-hybridized carbons (Fsp3) is 0.207. The van der Waals surface area contributed by atoms with Crippen LogP contribution in [0.5, 0.6) is 0 Å². The summed E-state index contributed by atoms with van der Waals surface area (Å²) in [7, 11) is 0. The van der Waals surface area contributed by atoms with Gasteiger partial charge in [0.05, 0.1) is 5.41 Å². The van der Waals surface area contributed by atoms with Gasteiger partial charge in [-0.2, -0.15) is 0 Å². The lowest BCUT2D eigenvalue weighted by Gasteiger charge is -2.51. The third-order valence-corrected chi connectivity index (χ3v) is 8.12. The van der Waals surface area contributed by atoms with E-state index in [4.69, 9.17) is 11.6 Å². The Balaban J connectivity index is 1.61. The number of fused-ring (bicyclic) bond motifs is 3. The molecule has 1 aliphatic heterocycles. The molecule has 3 heteroatoms. The van der Waals surface area contributed by atoms with E-state index in [1.165, 1.54) is 16.7 Å². The zero-order chi connectivity index (χ0) is 22.1. The second kappa shape index (κ2) is 6.70. The van der Waals surface area contributed by atoms with Crippen molar-refractivity contribution in [3.8, 4) is 0 Å². The molecule has 1 spiro atoms. The van der Waals surface area contributed by atoms with Crippen molar-refractivity contribution in [3.63, 3.8) is 0 Å².